The van der Waals surface area contributed by atoms with Gasteiger partial charge in [0.25, 0.3) is 0 Å². The molecule has 1 heterocycles. The number of morpholine rings is 1. The van der Waals surface area contributed by atoms with E-state index in [2.05, 4.69) is 10.6 Å². The van der Waals surface area contributed by atoms with Crippen LogP contribution in [0.1, 0.15) is 0 Å². The highest BCUT2D eigenvalue weighted by molar-refractivity contribution is 7.89. The summed E-state index contributed by atoms with van der Waals surface area (Å²) in [4.78, 5) is 12.3. The van der Waals surface area contributed by atoms with E-state index in [1.807, 2.05) is 0 Å². The van der Waals surface area contributed by atoms with Crippen molar-refractivity contribution in [1.29, 1.82) is 0 Å². The van der Waals surface area contributed by atoms with Crippen molar-refractivity contribution in [3.63, 3.8) is 0 Å². The third-order valence-corrected chi connectivity index (χ3v) is 6.14. The minimum absolute atomic E-state index is 0.00172. The van der Waals surface area contributed by atoms with Crippen LogP contribution in [0.4, 0.5) is 11.4 Å². The molecule has 1 fully saturated rings. The molecule has 8 nitrogen and oxygen atoms in total. The minimum Gasteiger partial charge on any atom is -0.497 e. The molecule has 0 aromatic heterocycles. The number of hydrogen-bond acceptors (Lipinski definition) is 6. The number of amides is 1. The topological polar surface area (TPSA) is 97.0 Å². The SMILES string of the molecule is COc1cccc(NC(=O)CNc2cccc(S(=O)(=O)N3CCOCC3)c2)c1. The molecule has 0 saturated carbocycles. The van der Waals surface area contributed by atoms with Crippen molar-refractivity contribution in [2.45, 2.75) is 4.90 Å². The predicted molar refractivity (Wildman–Crippen MR) is 106 cm³/mol. The zero-order valence-corrected chi connectivity index (χ0v) is 16.4. The number of carbonyl (C=O) groups is 1. The number of nitrogens with zero attached hydrogens (tertiary/aromatic N) is 1. The van der Waals surface area contributed by atoms with Crippen LogP contribution in [0.25, 0.3) is 0 Å². The summed E-state index contributed by atoms with van der Waals surface area (Å²) in [5.74, 6) is 0.390. The van der Waals surface area contributed by atoms with Crippen LogP contribution in [0.2, 0.25) is 0 Å². The fourth-order valence-corrected chi connectivity index (χ4v) is 4.25. The number of anilines is 2. The zero-order valence-electron chi connectivity index (χ0n) is 15.6. The van der Waals surface area contributed by atoms with Gasteiger partial charge in [0.15, 0.2) is 0 Å². The summed E-state index contributed by atoms with van der Waals surface area (Å²) in [6.07, 6.45) is 0. The smallest absolute Gasteiger partial charge is 0.243 e. The van der Waals surface area contributed by atoms with Crippen molar-refractivity contribution < 1.29 is 22.7 Å². The number of sulfonamides is 1. The second kappa shape index (κ2) is 9.05. The molecule has 28 heavy (non-hydrogen) atoms. The molecule has 2 N–H and O–H groups in total. The molecule has 1 amide bonds. The summed E-state index contributed by atoms with van der Waals surface area (Å²) in [6.45, 7) is 1.45. The first-order valence-electron chi connectivity index (χ1n) is 8.85. The third-order valence-electron chi connectivity index (χ3n) is 4.25. The first-order chi connectivity index (χ1) is 13.5. The summed E-state index contributed by atoms with van der Waals surface area (Å²) in [5.41, 5.74) is 1.17. The summed E-state index contributed by atoms with van der Waals surface area (Å²) in [7, 11) is -2.02. The predicted octanol–water partition coefficient (Wildman–Crippen LogP) is 1.77. The van der Waals surface area contributed by atoms with Crippen molar-refractivity contribution in [1.82, 2.24) is 4.31 Å². The Kier molecular flexibility index (Phi) is 6.50. The van der Waals surface area contributed by atoms with E-state index < -0.39 is 10.0 Å². The van der Waals surface area contributed by atoms with E-state index in [-0.39, 0.29) is 17.3 Å². The van der Waals surface area contributed by atoms with Crippen LogP contribution < -0.4 is 15.4 Å². The normalized spacial score (nSPS) is 15.0. The monoisotopic (exact) mass is 405 g/mol. The van der Waals surface area contributed by atoms with Crippen molar-refractivity contribution in [2.75, 3.05) is 50.6 Å². The van der Waals surface area contributed by atoms with E-state index in [0.717, 1.165) is 0 Å². The highest BCUT2D eigenvalue weighted by Crippen LogP contribution is 2.21. The lowest BCUT2D eigenvalue weighted by molar-refractivity contribution is -0.114. The number of benzene rings is 2. The van der Waals surface area contributed by atoms with Crippen molar-refractivity contribution in [3.8, 4) is 5.75 Å². The van der Waals surface area contributed by atoms with Crippen LogP contribution in [0.3, 0.4) is 0 Å². The van der Waals surface area contributed by atoms with Crippen LogP contribution in [0, 0.1) is 0 Å². The van der Waals surface area contributed by atoms with Crippen LogP contribution >= 0.6 is 0 Å². The summed E-state index contributed by atoms with van der Waals surface area (Å²) >= 11 is 0. The molecule has 2 aromatic carbocycles. The molecule has 3 rings (SSSR count). The van der Waals surface area contributed by atoms with Gasteiger partial charge in [-0.1, -0.05) is 12.1 Å². The minimum atomic E-state index is -3.58. The molecule has 9 heteroatoms. The van der Waals surface area contributed by atoms with Gasteiger partial charge < -0.3 is 20.1 Å². The van der Waals surface area contributed by atoms with Gasteiger partial charge in [0.1, 0.15) is 5.75 Å². The Morgan fingerprint density at radius 1 is 1.11 bits per heavy atom. The van der Waals surface area contributed by atoms with E-state index in [9.17, 15) is 13.2 Å². The third kappa shape index (κ3) is 5.00. The molecule has 0 radical (unpaired) electrons. The fraction of sp³-hybridized carbons (Fsp3) is 0.316. The van der Waals surface area contributed by atoms with E-state index in [1.165, 1.54) is 10.4 Å². The number of hydrogen-bond donors (Lipinski definition) is 2. The Balaban J connectivity index is 1.62. The van der Waals surface area contributed by atoms with Crippen molar-refractivity contribution >= 4 is 27.3 Å². The van der Waals surface area contributed by atoms with Gasteiger partial charge in [0.2, 0.25) is 15.9 Å². The Hall–Kier alpha value is -2.62. The van der Waals surface area contributed by atoms with Crippen LogP contribution in [-0.4, -0.2) is 58.6 Å². The van der Waals surface area contributed by atoms with E-state index in [0.29, 0.717) is 43.4 Å². The lowest BCUT2D eigenvalue weighted by Gasteiger charge is -2.26. The fourth-order valence-electron chi connectivity index (χ4n) is 2.79. The highest BCUT2D eigenvalue weighted by Gasteiger charge is 2.26. The lowest BCUT2D eigenvalue weighted by Crippen LogP contribution is -2.40. The summed E-state index contributed by atoms with van der Waals surface area (Å²) in [5, 5.41) is 5.72. The molecule has 0 spiro atoms. The number of rotatable bonds is 7. The average molecular weight is 405 g/mol. The molecule has 1 aliphatic heterocycles. The Bertz CT molecular complexity index is 927. The average Bonchev–Trinajstić information content (AvgIpc) is 2.73. The van der Waals surface area contributed by atoms with Gasteiger partial charge in [-0.05, 0) is 30.3 Å². The van der Waals surface area contributed by atoms with E-state index in [4.69, 9.17) is 9.47 Å². The lowest BCUT2D eigenvalue weighted by atomic mass is 10.3. The molecule has 1 aliphatic rings. The van der Waals surface area contributed by atoms with Crippen LogP contribution in [0.15, 0.2) is 53.4 Å². The van der Waals surface area contributed by atoms with Crippen molar-refractivity contribution in [3.05, 3.63) is 48.5 Å². The zero-order chi connectivity index (χ0) is 20.0. The first kappa shape index (κ1) is 20.1. The largest absolute Gasteiger partial charge is 0.497 e. The van der Waals surface area contributed by atoms with Gasteiger partial charge in [-0.2, -0.15) is 4.31 Å². The van der Waals surface area contributed by atoms with Gasteiger partial charge in [-0.25, -0.2) is 8.42 Å². The number of ether oxygens (including phenoxy) is 2. The first-order valence-corrected chi connectivity index (χ1v) is 10.3. The molecule has 0 bridgehead atoms. The van der Waals surface area contributed by atoms with Crippen LogP contribution in [-0.2, 0) is 19.6 Å². The highest BCUT2D eigenvalue weighted by atomic mass is 32.2. The quantitative estimate of drug-likeness (QED) is 0.729. The molecular weight excluding hydrogens is 382 g/mol. The van der Waals surface area contributed by atoms with Gasteiger partial charge >= 0.3 is 0 Å². The molecule has 150 valence electrons. The van der Waals surface area contributed by atoms with Gasteiger partial charge in [-0.15, -0.1) is 0 Å². The van der Waals surface area contributed by atoms with E-state index >= 15 is 0 Å². The van der Waals surface area contributed by atoms with Gasteiger partial charge in [0, 0.05) is 30.5 Å². The van der Waals surface area contributed by atoms with E-state index in [1.54, 1.807) is 49.6 Å². The molecule has 0 atom stereocenters. The maximum Gasteiger partial charge on any atom is 0.243 e. The molecular formula is C19H23N3O5S. The Labute approximate surface area is 164 Å². The maximum absolute atomic E-state index is 12.7. The molecule has 2 aromatic rings. The van der Waals surface area contributed by atoms with Gasteiger partial charge in [-0.3, -0.25) is 4.79 Å². The Morgan fingerprint density at radius 3 is 2.57 bits per heavy atom. The molecule has 0 unspecified atom stereocenters. The standard InChI is InChI=1S/C19H23N3O5S/c1-26-17-6-2-5-16(12-17)21-19(23)14-20-15-4-3-7-18(13-15)28(24,25)22-8-10-27-11-9-22/h2-7,12-13,20H,8-11,14H2,1H3,(H,21,23). The number of carbonyl (C=O) groups excluding carboxylic acids is 1. The van der Waals surface area contributed by atoms with Crippen molar-refractivity contribution in [2.24, 2.45) is 0 Å². The second-order valence-corrected chi connectivity index (χ2v) is 8.12. The molecule has 1 saturated heterocycles. The number of nitrogens with one attached hydrogen (secondary N) is 2. The Morgan fingerprint density at radius 2 is 1.82 bits per heavy atom. The van der Waals surface area contributed by atoms with Gasteiger partial charge in [0.05, 0.1) is 31.8 Å². The number of methoxy groups -OCH3 is 1. The summed E-state index contributed by atoms with van der Waals surface area (Å²) in [6, 6.07) is 13.5. The maximum atomic E-state index is 12.7. The summed E-state index contributed by atoms with van der Waals surface area (Å²) < 4.78 is 37.2. The van der Waals surface area contributed by atoms with Crippen LogP contribution in [0.5, 0.6) is 5.75 Å². The molecule has 0 aliphatic carbocycles. The second-order valence-electron chi connectivity index (χ2n) is 6.18.